The molecule has 8 rings (SSSR count). The van der Waals surface area contributed by atoms with E-state index < -0.39 is 5.41 Å². The van der Waals surface area contributed by atoms with Crippen LogP contribution in [0.15, 0.2) is 146 Å². The van der Waals surface area contributed by atoms with Gasteiger partial charge in [-0.1, -0.05) is 121 Å². The molecule has 0 radical (unpaired) electrons. The van der Waals surface area contributed by atoms with Crippen LogP contribution >= 0.6 is 0 Å². The van der Waals surface area contributed by atoms with Gasteiger partial charge in [-0.25, -0.2) is 0 Å². The lowest BCUT2D eigenvalue weighted by atomic mass is 9.59. The summed E-state index contributed by atoms with van der Waals surface area (Å²) in [5.41, 5.74) is 8.42. The van der Waals surface area contributed by atoms with Gasteiger partial charge in [0.25, 0.3) is 0 Å². The minimum Gasteiger partial charge on any atom is -0.457 e. The molecule has 6 aromatic carbocycles. The number of para-hydroxylation sites is 2. The van der Waals surface area contributed by atoms with Crippen molar-refractivity contribution in [2.24, 2.45) is 0 Å². The van der Waals surface area contributed by atoms with Crippen LogP contribution in [0.2, 0.25) is 0 Å². The third-order valence-corrected chi connectivity index (χ3v) is 7.99. The number of fused-ring (bicyclic) bond motifs is 8. The molecule has 2 heteroatoms. The van der Waals surface area contributed by atoms with Gasteiger partial charge in [0, 0.05) is 22.3 Å². The highest BCUT2D eigenvalue weighted by atomic mass is 16.5. The summed E-state index contributed by atoms with van der Waals surface area (Å²) in [5.74, 6) is 3.45. The van der Waals surface area contributed by atoms with E-state index in [2.05, 4.69) is 133 Å². The molecule has 0 N–H and O–H groups in total. The van der Waals surface area contributed by atoms with Gasteiger partial charge in [0.15, 0.2) is 0 Å². The lowest BCUT2D eigenvalue weighted by Gasteiger charge is -2.46. The normalized spacial score (nSPS) is 13.7. The van der Waals surface area contributed by atoms with Crippen molar-refractivity contribution in [3.8, 4) is 45.3 Å². The Labute approximate surface area is 227 Å². The summed E-state index contributed by atoms with van der Waals surface area (Å²) in [4.78, 5) is 0. The summed E-state index contributed by atoms with van der Waals surface area (Å²) in [6.45, 7) is 0. The van der Waals surface area contributed by atoms with E-state index >= 15 is 0 Å². The molecule has 0 unspecified atom stereocenters. The molecular weight excluding hydrogens is 476 g/mol. The molecule has 0 bridgehead atoms. The van der Waals surface area contributed by atoms with Crippen LogP contribution in [0.25, 0.3) is 22.3 Å². The van der Waals surface area contributed by atoms with Crippen LogP contribution in [-0.4, -0.2) is 0 Å². The Kier molecular flexibility index (Phi) is 4.77. The van der Waals surface area contributed by atoms with Gasteiger partial charge in [0.05, 0.1) is 5.41 Å². The quantitative estimate of drug-likeness (QED) is 0.235. The van der Waals surface area contributed by atoms with Crippen molar-refractivity contribution in [3.63, 3.8) is 0 Å². The maximum atomic E-state index is 6.82. The molecule has 184 valence electrons. The summed E-state index contributed by atoms with van der Waals surface area (Å²) in [5, 5.41) is 0. The molecule has 2 aliphatic heterocycles. The minimum absolute atomic E-state index is 0.673. The fourth-order valence-corrected chi connectivity index (χ4v) is 6.50. The van der Waals surface area contributed by atoms with Gasteiger partial charge in [-0.05, 0) is 46.5 Å². The standard InChI is InChI=1S/C37H24O2/c1-3-13-25(14-4-1)27-17-11-23-33-35(27)37(29-19-7-9-21-31(29)38-32-22-10-8-20-30(32)37)36-28(18-12-24-34(36)39-33)26-15-5-2-6-16-26/h1-24H. The molecule has 0 fully saturated rings. The largest absolute Gasteiger partial charge is 0.457 e. The second kappa shape index (κ2) is 8.47. The Bertz CT molecular complexity index is 1720. The SMILES string of the molecule is c1ccc(-c2cccc3c2C2(c4ccccc4Oc4ccccc42)c2c(cccc2-c2ccccc2)O3)cc1. The first kappa shape index (κ1) is 22.0. The van der Waals surface area contributed by atoms with Gasteiger partial charge in [-0.3, -0.25) is 0 Å². The number of hydrogen-bond donors (Lipinski definition) is 0. The smallest absolute Gasteiger partial charge is 0.132 e. The van der Waals surface area contributed by atoms with Crippen LogP contribution in [0.1, 0.15) is 22.3 Å². The van der Waals surface area contributed by atoms with E-state index in [0.717, 1.165) is 67.5 Å². The maximum absolute atomic E-state index is 6.82. The zero-order valence-electron chi connectivity index (χ0n) is 21.2. The summed E-state index contributed by atoms with van der Waals surface area (Å²) in [6.07, 6.45) is 0. The fourth-order valence-electron chi connectivity index (χ4n) is 6.50. The predicted octanol–water partition coefficient (Wildman–Crippen LogP) is 9.61. The monoisotopic (exact) mass is 500 g/mol. The lowest BCUT2D eigenvalue weighted by molar-refractivity contribution is 0.400. The van der Waals surface area contributed by atoms with E-state index in [1.165, 1.54) is 0 Å². The van der Waals surface area contributed by atoms with Gasteiger partial charge >= 0.3 is 0 Å². The Morgan fingerprint density at radius 3 is 1.21 bits per heavy atom. The molecule has 0 aliphatic carbocycles. The highest BCUT2D eigenvalue weighted by Gasteiger charge is 2.52. The van der Waals surface area contributed by atoms with Crippen LogP contribution < -0.4 is 9.47 Å². The second-order valence-electron chi connectivity index (χ2n) is 10.0. The van der Waals surface area contributed by atoms with Crippen molar-refractivity contribution in [2.45, 2.75) is 5.41 Å². The van der Waals surface area contributed by atoms with Gasteiger partial charge in [0.2, 0.25) is 0 Å². The zero-order valence-corrected chi connectivity index (χ0v) is 21.2. The molecule has 39 heavy (non-hydrogen) atoms. The van der Waals surface area contributed by atoms with Gasteiger partial charge in [-0.2, -0.15) is 0 Å². The van der Waals surface area contributed by atoms with Gasteiger partial charge < -0.3 is 9.47 Å². The van der Waals surface area contributed by atoms with Crippen molar-refractivity contribution < 1.29 is 9.47 Å². The van der Waals surface area contributed by atoms with E-state index in [9.17, 15) is 0 Å². The Morgan fingerprint density at radius 2 is 0.718 bits per heavy atom. The molecule has 1 spiro atoms. The number of rotatable bonds is 2. The van der Waals surface area contributed by atoms with Crippen LogP contribution in [0.4, 0.5) is 0 Å². The Morgan fingerprint density at radius 1 is 0.333 bits per heavy atom. The fraction of sp³-hybridized carbons (Fsp3) is 0.0270. The molecule has 0 saturated heterocycles. The van der Waals surface area contributed by atoms with E-state index in [1.807, 2.05) is 12.1 Å². The van der Waals surface area contributed by atoms with Crippen LogP contribution in [0, 0.1) is 0 Å². The highest BCUT2D eigenvalue weighted by molar-refractivity contribution is 5.87. The van der Waals surface area contributed by atoms with E-state index in [1.54, 1.807) is 0 Å². The predicted molar refractivity (Wildman–Crippen MR) is 156 cm³/mol. The van der Waals surface area contributed by atoms with E-state index in [-0.39, 0.29) is 0 Å². The van der Waals surface area contributed by atoms with Crippen LogP contribution in [0.3, 0.4) is 0 Å². The first-order valence-corrected chi connectivity index (χ1v) is 13.3. The third kappa shape index (κ3) is 3.09. The van der Waals surface area contributed by atoms with Crippen molar-refractivity contribution in [1.82, 2.24) is 0 Å². The second-order valence-corrected chi connectivity index (χ2v) is 10.0. The highest BCUT2D eigenvalue weighted by Crippen LogP contribution is 2.64. The van der Waals surface area contributed by atoms with Crippen molar-refractivity contribution in [2.75, 3.05) is 0 Å². The summed E-state index contributed by atoms with van der Waals surface area (Å²) in [7, 11) is 0. The molecule has 0 aromatic heterocycles. The van der Waals surface area contributed by atoms with Crippen molar-refractivity contribution in [3.05, 3.63) is 168 Å². The lowest BCUT2D eigenvalue weighted by Crippen LogP contribution is -2.38. The van der Waals surface area contributed by atoms with Crippen LogP contribution in [0.5, 0.6) is 23.0 Å². The molecule has 0 saturated carbocycles. The molecule has 0 atom stereocenters. The average molecular weight is 501 g/mol. The van der Waals surface area contributed by atoms with E-state index in [0.29, 0.717) is 0 Å². The molecule has 6 aromatic rings. The Hall–Kier alpha value is -5.08. The Balaban J connectivity index is 1.61. The maximum Gasteiger partial charge on any atom is 0.132 e. The molecule has 2 nitrogen and oxygen atoms in total. The number of ether oxygens (including phenoxy) is 2. The van der Waals surface area contributed by atoms with Gasteiger partial charge in [0.1, 0.15) is 23.0 Å². The molecule has 0 amide bonds. The van der Waals surface area contributed by atoms with Crippen molar-refractivity contribution in [1.29, 1.82) is 0 Å². The van der Waals surface area contributed by atoms with Crippen molar-refractivity contribution >= 4 is 0 Å². The average Bonchev–Trinajstić information content (AvgIpc) is 3.01. The first-order chi connectivity index (χ1) is 19.4. The summed E-state index contributed by atoms with van der Waals surface area (Å²) >= 11 is 0. The summed E-state index contributed by atoms with van der Waals surface area (Å²) < 4.78 is 13.4. The van der Waals surface area contributed by atoms with Crippen LogP contribution in [-0.2, 0) is 5.41 Å². The summed E-state index contributed by atoms with van der Waals surface area (Å²) in [6, 6.07) is 51.0. The topological polar surface area (TPSA) is 18.5 Å². The molecular formula is C37H24O2. The zero-order chi connectivity index (χ0) is 25.8. The molecule has 2 heterocycles. The van der Waals surface area contributed by atoms with E-state index in [4.69, 9.17) is 9.47 Å². The number of benzene rings is 6. The first-order valence-electron chi connectivity index (χ1n) is 13.3. The minimum atomic E-state index is -0.673. The molecule has 2 aliphatic rings. The third-order valence-electron chi connectivity index (χ3n) is 7.99. The van der Waals surface area contributed by atoms with Gasteiger partial charge in [-0.15, -0.1) is 0 Å². The number of hydrogen-bond acceptors (Lipinski definition) is 2.